The van der Waals surface area contributed by atoms with Crippen LogP contribution in [0.25, 0.3) is 11.3 Å². The fraction of sp³-hybridized carbons (Fsp3) is 0.148. The maximum Gasteiger partial charge on any atom is 0.239 e. The van der Waals surface area contributed by atoms with Crippen molar-refractivity contribution in [1.82, 2.24) is 4.98 Å². The highest BCUT2D eigenvalue weighted by molar-refractivity contribution is 8.00. The summed E-state index contributed by atoms with van der Waals surface area (Å²) in [6, 6.07) is 27.1. The first-order chi connectivity index (χ1) is 16.6. The number of hydrogen-bond donors (Lipinski definition) is 2. The van der Waals surface area contributed by atoms with Crippen LogP contribution in [0, 0.1) is 0 Å². The summed E-state index contributed by atoms with van der Waals surface area (Å²) in [4.78, 5) is 30.8. The molecular weight excluding hydrogens is 462 g/mol. The number of thioether (sulfide) groups is 1. The number of thiazole rings is 1. The Morgan fingerprint density at radius 2 is 1.68 bits per heavy atom. The van der Waals surface area contributed by atoms with E-state index < -0.39 is 0 Å². The predicted octanol–water partition coefficient (Wildman–Crippen LogP) is 6.50. The number of nitrogens with zero attached hydrogens (tertiary/aromatic N) is 1. The van der Waals surface area contributed by atoms with Gasteiger partial charge in [0.15, 0.2) is 5.13 Å². The molecule has 4 rings (SSSR count). The molecule has 2 N–H and O–H groups in total. The number of aromatic nitrogens is 1. The van der Waals surface area contributed by atoms with Gasteiger partial charge in [0.25, 0.3) is 0 Å². The molecule has 0 spiro atoms. The minimum Gasteiger partial charge on any atom is -0.326 e. The lowest BCUT2D eigenvalue weighted by Gasteiger charge is -2.14. The zero-order valence-electron chi connectivity index (χ0n) is 18.7. The summed E-state index contributed by atoms with van der Waals surface area (Å²) in [5.41, 5.74) is 3.55. The van der Waals surface area contributed by atoms with E-state index in [-0.39, 0.29) is 17.1 Å². The molecule has 34 heavy (non-hydrogen) atoms. The fourth-order valence-corrected chi connectivity index (χ4v) is 5.11. The molecule has 4 aromatic rings. The van der Waals surface area contributed by atoms with Gasteiger partial charge < -0.3 is 10.6 Å². The molecule has 0 bridgehead atoms. The number of carbonyl (C=O) groups excluding carboxylic acids is 2. The van der Waals surface area contributed by atoms with Gasteiger partial charge in [-0.3, -0.25) is 9.59 Å². The van der Waals surface area contributed by atoms with E-state index in [2.05, 4.69) is 15.6 Å². The van der Waals surface area contributed by atoms with Crippen LogP contribution in [-0.4, -0.2) is 22.0 Å². The van der Waals surface area contributed by atoms with Crippen molar-refractivity contribution in [3.05, 3.63) is 95.9 Å². The largest absolute Gasteiger partial charge is 0.326 e. The van der Waals surface area contributed by atoms with Crippen LogP contribution in [0.2, 0.25) is 0 Å². The molecule has 1 aromatic heterocycles. The van der Waals surface area contributed by atoms with E-state index in [1.54, 1.807) is 0 Å². The highest BCUT2D eigenvalue weighted by Crippen LogP contribution is 2.30. The molecule has 0 aliphatic carbocycles. The topological polar surface area (TPSA) is 71.1 Å². The molecule has 0 aliphatic rings. The van der Waals surface area contributed by atoms with E-state index >= 15 is 0 Å². The fourth-order valence-electron chi connectivity index (χ4n) is 3.38. The van der Waals surface area contributed by atoms with Gasteiger partial charge >= 0.3 is 0 Å². The number of hydrogen-bond acceptors (Lipinski definition) is 5. The Labute approximate surface area is 207 Å². The van der Waals surface area contributed by atoms with Gasteiger partial charge in [0.1, 0.15) is 0 Å². The van der Waals surface area contributed by atoms with Crippen LogP contribution in [0.4, 0.5) is 10.8 Å². The number of rotatable bonds is 9. The first kappa shape index (κ1) is 23.7. The summed E-state index contributed by atoms with van der Waals surface area (Å²) in [5, 5.41) is 8.16. The maximum atomic E-state index is 12.9. The standard InChI is InChI=1S/C27H25N3O2S2/c1-2-24(26(32)30-27-29-23(18-33-27)20-12-7-4-8-13-20)34-22-15-9-14-21(17-22)28-25(31)16-19-10-5-3-6-11-19/h3-15,17-18,24H,2,16H2,1H3,(H,28,31)(H,29,30,32). The molecule has 0 fully saturated rings. The molecule has 2 amide bonds. The Balaban J connectivity index is 1.36. The van der Waals surface area contributed by atoms with Gasteiger partial charge in [-0.05, 0) is 30.2 Å². The zero-order chi connectivity index (χ0) is 23.8. The average molecular weight is 488 g/mol. The molecule has 3 aromatic carbocycles. The average Bonchev–Trinajstić information content (AvgIpc) is 3.32. The van der Waals surface area contributed by atoms with E-state index in [1.807, 2.05) is 97.2 Å². The van der Waals surface area contributed by atoms with Gasteiger partial charge in [0, 0.05) is 21.5 Å². The van der Waals surface area contributed by atoms with E-state index in [1.165, 1.54) is 23.1 Å². The van der Waals surface area contributed by atoms with Gasteiger partial charge in [-0.15, -0.1) is 23.1 Å². The Morgan fingerprint density at radius 3 is 2.41 bits per heavy atom. The van der Waals surface area contributed by atoms with Crippen LogP contribution in [0.1, 0.15) is 18.9 Å². The van der Waals surface area contributed by atoms with Crippen molar-refractivity contribution in [3.8, 4) is 11.3 Å². The van der Waals surface area contributed by atoms with Crippen LogP contribution >= 0.6 is 23.1 Å². The monoisotopic (exact) mass is 487 g/mol. The van der Waals surface area contributed by atoms with Crippen molar-refractivity contribution in [3.63, 3.8) is 0 Å². The normalized spacial score (nSPS) is 11.6. The smallest absolute Gasteiger partial charge is 0.239 e. The van der Waals surface area contributed by atoms with Crippen molar-refractivity contribution in [2.24, 2.45) is 0 Å². The third kappa shape index (κ3) is 6.56. The van der Waals surface area contributed by atoms with Crippen molar-refractivity contribution >= 4 is 45.7 Å². The Hall–Kier alpha value is -3.42. The number of amides is 2. The van der Waals surface area contributed by atoms with Crippen LogP contribution in [-0.2, 0) is 16.0 Å². The van der Waals surface area contributed by atoms with Crippen molar-refractivity contribution < 1.29 is 9.59 Å². The predicted molar refractivity (Wildman–Crippen MR) is 141 cm³/mol. The highest BCUT2D eigenvalue weighted by Gasteiger charge is 2.20. The third-order valence-corrected chi connectivity index (χ3v) is 7.19. The zero-order valence-corrected chi connectivity index (χ0v) is 20.4. The lowest BCUT2D eigenvalue weighted by molar-refractivity contribution is -0.116. The Kier molecular flexibility index (Phi) is 8.12. The molecule has 7 heteroatoms. The minimum atomic E-state index is -0.278. The van der Waals surface area contributed by atoms with Gasteiger partial charge in [0.05, 0.1) is 17.4 Å². The molecule has 0 saturated carbocycles. The van der Waals surface area contributed by atoms with Crippen molar-refractivity contribution in [2.75, 3.05) is 10.6 Å². The minimum absolute atomic E-state index is 0.0730. The molecule has 1 atom stereocenters. The Bertz CT molecular complexity index is 1240. The molecule has 0 radical (unpaired) electrons. The van der Waals surface area contributed by atoms with Gasteiger partial charge in [-0.1, -0.05) is 73.7 Å². The summed E-state index contributed by atoms with van der Waals surface area (Å²) in [6.45, 7) is 1.99. The summed E-state index contributed by atoms with van der Waals surface area (Å²) in [7, 11) is 0. The molecule has 172 valence electrons. The molecule has 0 saturated heterocycles. The SMILES string of the molecule is CCC(Sc1cccc(NC(=O)Cc2ccccc2)c1)C(=O)Nc1nc(-c2ccccc2)cs1. The van der Waals surface area contributed by atoms with Crippen molar-refractivity contribution in [1.29, 1.82) is 0 Å². The number of nitrogens with one attached hydrogen (secondary N) is 2. The van der Waals surface area contributed by atoms with E-state index in [0.717, 1.165) is 21.7 Å². The summed E-state index contributed by atoms with van der Waals surface area (Å²) < 4.78 is 0. The third-order valence-electron chi connectivity index (χ3n) is 5.07. The summed E-state index contributed by atoms with van der Waals surface area (Å²) in [6.07, 6.45) is 0.981. The lowest BCUT2D eigenvalue weighted by atomic mass is 10.1. The van der Waals surface area contributed by atoms with Gasteiger partial charge in [-0.2, -0.15) is 0 Å². The first-order valence-corrected chi connectivity index (χ1v) is 12.8. The lowest BCUT2D eigenvalue weighted by Crippen LogP contribution is -2.24. The molecule has 0 aliphatic heterocycles. The maximum absolute atomic E-state index is 12.9. The second-order valence-corrected chi connectivity index (χ2v) is 9.78. The summed E-state index contributed by atoms with van der Waals surface area (Å²) in [5.74, 6) is -0.156. The quantitative estimate of drug-likeness (QED) is 0.264. The Morgan fingerprint density at radius 1 is 0.941 bits per heavy atom. The van der Waals surface area contributed by atoms with Crippen LogP contribution < -0.4 is 10.6 Å². The van der Waals surface area contributed by atoms with Crippen LogP contribution in [0.5, 0.6) is 0 Å². The molecule has 1 unspecified atom stereocenters. The highest BCUT2D eigenvalue weighted by atomic mass is 32.2. The molecule has 1 heterocycles. The second kappa shape index (κ2) is 11.6. The molecular formula is C27H25N3O2S2. The van der Waals surface area contributed by atoms with E-state index in [4.69, 9.17) is 0 Å². The van der Waals surface area contributed by atoms with E-state index in [9.17, 15) is 9.59 Å². The van der Waals surface area contributed by atoms with Crippen molar-refractivity contribution in [2.45, 2.75) is 29.9 Å². The van der Waals surface area contributed by atoms with Gasteiger partial charge in [-0.25, -0.2) is 4.98 Å². The summed E-state index contributed by atoms with van der Waals surface area (Å²) >= 11 is 2.89. The number of benzene rings is 3. The van der Waals surface area contributed by atoms with Crippen LogP contribution in [0.3, 0.4) is 0 Å². The number of anilines is 2. The molecule has 5 nitrogen and oxygen atoms in total. The van der Waals surface area contributed by atoms with E-state index in [0.29, 0.717) is 23.7 Å². The first-order valence-electron chi connectivity index (χ1n) is 11.0. The second-order valence-electron chi connectivity index (χ2n) is 7.65. The van der Waals surface area contributed by atoms with Crippen LogP contribution in [0.15, 0.2) is 95.2 Å². The number of carbonyl (C=O) groups is 2. The van der Waals surface area contributed by atoms with Gasteiger partial charge in [0.2, 0.25) is 11.8 Å².